The lowest BCUT2D eigenvalue weighted by Crippen LogP contribution is -2.34. The normalized spacial score (nSPS) is 19.0. The Hall–Kier alpha value is -2.18. The molecule has 2 aromatic rings. The second-order valence-corrected chi connectivity index (χ2v) is 4.83. The first-order valence-corrected chi connectivity index (χ1v) is 6.42. The fraction of sp³-hybridized carbons (Fsp3) is 0.500. The van der Waals surface area contributed by atoms with Crippen molar-refractivity contribution >= 4 is 11.8 Å². The number of aryl methyl sites for hydroxylation is 1. The molecule has 0 radical (unpaired) electrons. The summed E-state index contributed by atoms with van der Waals surface area (Å²) in [5.74, 6) is 1.24. The Morgan fingerprint density at radius 3 is 3.05 bits per heavy atom. The zero-order valence-electron chi connectivity index (χ0n) is 10.9. The molecule has 1 aliphatic heterocycles. The Kier molecular flexibility index (Phi) is 3.02. The Morgan fingerprint density at radius 1 is 1.42 bits per heavy atom. The van der Waals surface area contributed by atoms with Crippen molar-refractivity contribution in [1.29, 1.82) is 0 Å². The molecule has 2 aromatic heterocycles. The van der Waals surface area contributed by atoms with Crippen LogP contribution in [0.15, 0.2) is 18.7 Å². The van der Waals surface area contributed by atoms with E-state index in [9.17, 15) is 0 Å². The van der Waals surface area contributed by atoms with E-state index in [0.29, 0.717) is 12.0 Å². The van der Waals surface area contributed by atoms with E-state index in [1.165, 1.54) is 0 Å². The molecular formula is C12H17N7. The lowest BCUT2D eigenvalue weighted by atomic mass is 10.2. The van der Waals surface area contributed by atoms with Gasteiger partial charge in [-0.2, -0.15) is 10.1 Å². The SMILES string of the molecule is Cc1cc(N2CCC[C@@H]2Cn2cncn2)nc(N)n1. The predicted octanol–water partition coefficient (Wildman–Crippen LogP) is 0.628. The Morgan fingerprint density at radius 2 is 2.32 bits per heavy atom. The van der Waals surface area contributed by atoms with Gasteiger partial charge >= 0.3 is 0 Å². The van der Waals surface area contributed by atoms with Gasteiger partial charge < -0.3 is 10.6 Å². The monoisotopic (exact) mass is 259 g/mol. The van der Waals surface area contributed by atoms with Crippen LogP contribution in [0, 0.1) is 6.92 Å². The molecule has 0 amide bonds. The van der Waals surface area contributed by atoms with E-state index in [1.807, 2.05) is 17.7 Å². The van der Waals surface area contributed by atoms with Crippen LogP contribution in [0.2, 0.25) is 0 Å². The molecule has 1 atom stereocenters. The molecule has 0 saturated carbocycles. The van der Waals surface area contributed by atoms with Gasteiger partial charge in [-0.05, 0) is 19.8 Å². The van der Waals surface area contributed by atoms with Crippen LogP contribution in [0.5, 0.6) is 0 Å². The van der Waals surface area contributed by atoms with Crippen LogP contribution < -0.4 is 10.6 Å². The predicted molar refractivity (Wildman–Crippen MR) is 71.6 cm³/mol. The number of rotatable bonds is 3. The van der Waals surface area contributed by atoms with Crippen LogP contribution in [0.4, 0.5) is 11.8 Å². The van der Waals surface area contributed by atoms with E-state index in [4.69, 9.17) is 5.73 Å². The summed E-state index contributed by atoms with van der Waals surface area (Å²) in [6.45, 7) is 3.75. The first-order valence-electron chi connectivity index (χ1n) is 6.42. The number of nitrogens with zero attached hydrogens (tertiary/aromatic N) is 6. The van der Waals surface area contributed by atoms with E-state index in [1.54, 1.807) is 12.7 Å². The first-order chi connectivity index (χ1) is 9.22. The number of nitrogen functional groups attached to an aromatic ring is 1. The van der Waals surface area contributed by atoms with Gasteiger partial charge in [-0.3, -0.25) is 4.68 Å². The van der Waals surface area contributed by atoms with Gasteiger partial charge in [0.15, 0.2) is 0 Å². The van der Waals surface area contributed by atoms with Crippen molar-refractivity contribution in [2.45, 2.75) is 32.4 Å². The Labute approximate surface area is 111 Å². The molecule has 0 aromatic carbocycles. The molecule has 0 bridgehead atoms. The van der Waals surface area contributed by atoms with E-state index in [-0.39, 0.29) is 0 Å². The van der Waals surface area contributed by atoms with Gasteiger partial charge in [-0.1, -0.05) is 0 Å². The fourth-order valence-corrected chi connectivity index (χ4v) is 2.59. The average molecular weight is 259 g/mol. The molecule has 100 valence electrons. The topological polar surface area (TPSA) is 85.8 Å². The molecule has 7 heteroatoms. The maximum absolute atomic E-state index is 5.73. The molecule has 1 fully saturated rings. The molecule has 19 heavy (non-hydrogen) atoms. The number of nitrogens with two attached hydrogens (primary N) is 1. The zero-order chi connectivity index (χ0) is 13.2. The van der Waals surface area contributed by atoms with E-state index < -0.39 is 0 Å². The summed E-state index contributed by atoms with van der Waals surface area (Å²) in [4.78, 5) is 14.7. The fourth-order valence-electron chi connectivity index (χ4n) is 2.59. The van der Waals surface area contributed by atoms with Gasteiger partial charge in [0.2, 0.25) is 5.95 Å². The van der Waals surface area contributed by atoms with Crippen LogP contribution >= 0.6 is 0 Å². The summed E-state index contributed by atoms with van der Waals surface area (Å²) >= 11 is 0. The highest BCUT2D eigenvalue weighted by atomic mass is 15.3. The standard InChI is InChI=1S/C12H17N7/c1-9-5-11(17-12(13)16-9)19-4-2-3-10(19)6-18-8-14-7-15-18/h5,7-8,10H,2-4,6H2,1H3,(H2,13,16,17)/t10-/m1/s1. The zero-order valence-corrected chi connectivity index (χ0v) is 10.9. The molecular weight excluding hydrogens is 242 g/mol. The van der Waals surface area contributed by atoms with Crippen LogP contribution in [-0.4, -0.2) is 37.3 Å². The largest absolute Gasteiger partial charge is 0.368 e. The van der Waals surface area contributed by atoms with Crippen LogP contribution in [0.1, 0.15) is 18.5 Å². The molecule has 3 heterocycles. The smallest absolute Gasteiger partial charge is 0.222 e. The molecule has 0 aliphatic carbocycles. The third-order valence-corrected chi connectivity index (χ3v) is 3.39. The van der Waals surface area contributed by atoms with Crippen molar-refractivity contribution in [2.75, 3.05) is 17.2 Å². The van der Waals surface area contributed by atoms with Crippen molar-refractivity contribution in [1.82, 2.24) is 24.7 Å². The van der Waals surface area contributed by atoms with Gasteiger partial charge in [0.1, 0.15) is 18.5 Å². The summed E-state index contributed by atoms with van der Waals surface area (Å²) < 4.78 is 1.86. The Bertz CT molecular complexity index is 531. The molecule has 0 spiro atoms. The summed E-state index contributed by atoms with van der Waals surface area (Å²) in [6, 6.07) is 2.37. The lowest BCUT2D eigenvalue weighted by molar-refractivity contribution is 0.506. The van der Waals surface area contributed by atoms with Gasteiger partial charge in [0.25, 0.3) is 0 Å². The molecule has 7 nitrogen and oxygen atoms in total. The molecule has 0 unspecified atom stereocenters. The maximum Gasteiger partial charge on any atom is 0.222 e. The van der Waals surface area contributed by atoms with E-state index in [2.05, 4.69) is 25.0 Å². The van der Waals surface area contributed by atoms with Crippen LogP contribution in [0.25, 0.3) is 0 Å². The number of hydrogen-bond acceptors (Lipinski definition) is 6. The molecule has 1 saturated heterocycles. The van der Waals surface area contributed by atoms with Crippen molar-refractivity contribution in [3.8, 4) is 0 Å². The third-order valence-electron chi connectivity index (χ3n) is 3.39. The summed E-state index contributed by atoms with van der Waals surface area (Å²) in [5, 5.41) is 4.16. The van der Waals surface area contributed by atoms with E-state index >= 15 is 0 Å². The van der Waals surface area contributed by atoms with Crippen molar-refractivity contribution in [3.63, 3.8) is 0 Å². The van der Waals surface area contributed by atoms with Gasteiger partial charge in [0, 0.05) is 18.3 Å². The minimum atomic E-state index is 0.335. The number of anilines is 2. The van der Waals surface area contributed by atoms with E-state index in [0.717, 1.165) is 37.4 Å². The lowest BCUT2D eigenvalue weighted by Gasteiger charge is -2.25. The Balaban J connectivity index is 1.82. The highest BCUT2D eigenvalue weighted by Crippen LogP contribution is 2.25. The quantitative estimate of drug-likeness (QED) is 0.870. The van der Waals surface area contributed by atoms with Crippen molar-refractivity contribution < 1.29 is 0 Å². The highest BCUT2D eigenvalue weighted by Gasteiger charge is 2.26. The average Bonchev–Trinajstić information content (AvgIpc) is 2.99. The molecule has 2 N–H and O–H groups in total. The second kappa shape index (κ2) is 4.83. The number of hydrogen-bond donors (Lipinski definition) is 1. The summed E-state index contributed by atoms with van der Waals surface area (Å²) in [6.07, 6.45) is 5.59. The minimum Gasteiger partial charge on any atom is -0.368 e. The summed E-state index contributed by atoms with van der Waals surface area (Å²) in [7, 11) is 0. The molecule has 1 aliphatic rings. The summed E-state index contributed by atoms with van der Waals surface area (Å²) in [5.41, 5.74) is 6.63. The second-order valence-electron chi connectivity index (χ2n) is 4.83. The van der Waals surface area contributed by atoms with Gasteiger partial charge in [-0.25, -0.2) is 9.97 Å². The molecule has 3 rings (SSSR count). The maximum atomic E-state index is 5.73. The highest BCUT2D eigenvalue weighted by molar-refractivity contribution is 5.45. The van der Waals surface area contributed by atoms with Crippen LogP contribution in [-0.2, 0) is 6.54 Å². The van der Waals surface area contributed by atoms with Crippen molar-refractivity contribution in [3.05, 3.63) is 24.4 Å². The van der Waals surface area contributed by atoms with Gasteiger partial charge in [0.05, 0.1) is 12.6 Å². The third kappa shape index (κ3) is 2.49. The number of aromatic nitrogens is 5. The minimum absolute atomic E-state index is 0.335. The van der Waals surface area contributed by atoms with Gasteiger partial charge in [-0.15, -0.1) is 0 Å². The first kappa shape index (κ1) is 11.9. The van der Waals surface area contributed by atoms with Crippen molar-refractivity contribution in [2.24, 2.45) is 0 Å². The van der Waals surface area contributed by atoms with Crippen LogP contribution in [0.3, 0.4) is 0 Å².